The van der Waals surface area contributed by atoms with Crippen LogP contribution in [0.4, 0.5) is 5.82 Å². The van der Waals surface area contributed by atoms with Crippen LogP contribution in [0, 0.1) is 6.92 Å². The van der Waals surface area contributed by atoms with E-state index in [2.05, 4.69) is 15.4 Å². The summed E-state index contributed by atoms with van der Waals surface area (Å²) in [5, 5.41) is 5.98. The van der Waals surface area contributed by atoms with Gasteiger partial charge in [0.1, 0.15) is 5.82 Å². The quantitative estimate of drug-likeness (QED) is 0.431. The highest BCUT2D eigenvalue weighted by atomic mass is 16.2. The lowest BCUT2D eigenvalue weighted by atomic mass is 10.1. The van der Waals surface area contributed by atoms with Crippen molar-refractivity contribution in [1.82, 2.24) is 4.98 Å². The monoisotopic (exact) mass is 176 g/mol. The van der Waals surface area contributed by atoms with Gasteiger partial charge in [-0.05, 0) is 18.6 Å². The molecule has 1 aromatic heterocycles. The summed E-state index contributed by atoms with van der Waals surface area (Å²) >= 11 is 0. The summed E-state index contributed by atoms with van der Waals surface area (Å²) in [5.41, 5.74) is 1.88. The molecule has 5 heteroatoms. The van der Waals surface area contributed by atoms with Crippen LogP contribution >= 0.6 is 0 Å². The van der Waals surface area contributed by atoms with Crippen molar-refractivity contribution >= 4 is 17.4 Å². The van der Waals surface area contributed by atoms with E-state index < -0.39 is 0 Å². The third-order valence-corrected chi connectivity index (χ3v) is 1.86. The summed E-state index contributed by atoms with van der Waals surface area (Å²) in [6.07, 6.45) is 1.68. The maximum absolute atomic E-state index is 11.2. The summed E-state index contributed by atoms with van der Waals surface area (Å²) in [4.78, 5) is 15.3. The normalized spacial score (nSPS) is 17.3. The van der Waals surface area contributed by atoms with Crippen LogP contribution in [0.1, 0.15) is 11.1 Å². The highest BCUT2D eigenvalue weighted by Crippen LogP contribution is 2.20. The fourth-order valence-electron chi connectivity index (χ4n) is 1.27. The molecule has 0 atom stereocenters. The summed E-state index contributed by atoms with van der Waals surface area (Å²) in [5.74, 6) is 5.32. The van der Waals surface area contributed by atoms with Crippen LogP contribution < -0.4 is 11.2 Å². The molecule has 1 amide bonds. The van der Waals surface area contributed by atoms with Gasteiger partial charge in [-0.1, -0.05) is 0 Å². The zero-order valence-corrected chi connectivity index (χ0v) is 7.03. The molecule has 1 aliphatic heterocycles. The number of hydrogen-bond acceptors (Lipinski definition) is 4. The zero-order valence-electron chi connectivity index (χ0n) is 7.03. The molecule has 2 rings (SSSR count). The van der Waals surface area contributed by atoms with E-state index in [1.807, 2.05) is 13.0 Å². The molecular weight excluding hydrogens is 168 g/mol. The van der Waals surface area contributed by atoms with E-state index >= 15 is 0 Å². The minimum atomic E-state index is -0.296. The Bertz CT molecular complexity index is 411. The van der Waals surface area contributed by atoms with Crippen LogP contribution in [0.5, 0.6) is 0 Å². The van der Waals surface area contributed by atoms with Crippen LogP contribution in [0.15, 0.2) is 17.4 Å². The van der Waals surface area contributed by atoms with Crippen molar-refractivity contribution < 1.29 is 4.79 Å². The maximum atomic E-state index is 11.2. The molecular formula is C8H8N4O. The van der Waals surface area contributed by atoms with Gasteiger partial charge in [0.2, 0.25) is 0 Å². The summed E-state index contributed by atoms with van der Waals surface area (Å²) < 4.78 is 0. The fraction of sp³-hybridized carbons (Fsp3) is 0.125. The van der Waals surface area contributed by atoms with Crippen molar-refractivity contribution in [2.75, 3.05) is 5.32 Å². The first-order chi connectivity index (χ1) is 6.22. The highest BCUT2D eigenvalue weighted by Gasteiger charge is 2.26. The minimum Gasteiger partial charge on any atom is -0.322 e. The SMILES string of the molecule is Cc1cnc2c(c1)/C(=N/N)C(=O)N2. The van der Waals surface area contributed by atoms with Gasteiger partial charge in [-0.15, -0.1) is 0 Å². The fourth-order valence-corrected chi connectivity index (χ4v) is 1.27. The minimum absolute atomic E-state index is 0.242. The largest absolute Gasteiger partial charge is 0.322 e. The predicted octanol–water partition coefficient (Wildman–Crippen LogP) is 0.00492. The van der Waals surface area contributed by atoms with Crippen LogP contribution in [0.2, 0.25) is 0 Å². The first-order valence-corrected chi connectivity index (χ1v) is 3.78. The Morgan fingerprint density at radius 3 is 3.08 bits per heavy atom. The van der Waals surface area contributed by atoms with Gasteiger partial charge < -0.3 is 11.2 Å². The lowest BCUT2D eigenvalue weighted by Gasteiger charge is -1.96. The molecule has 1 aromatic rings. The number of anilines is 1. The van der Waals surface area contributed by atoms with Gasteiger partial charge in [-0.2, -0.15) is 5.10 Å². The highest BCUT2D eigenvalue weighted by molar-refractivity contribution is 6.53. The van der Waals surface area contributed by atoms with E-state index in [0.29, 0.717) is 11.4 Å². The number of fused-ring (bicyclic) bond motifs is 1. The van der Waals surface area contributed by atoms with Gasteiger partial charge in [0.05, 0.1) is 5.56 Å². The number of hydrogen-bond donors (Lipinski definition) is 2. The zero-order chi connectivity index (χ0) is 9.42. The molecule has 3 N–H and O–H groups in total. The number of nitrogens with zero attached hydrogens (tertiary/aromatic N) is 2. The molecule has 0 aromatic carbocycles. The molecule has 0 bridgehead atoms. The average Bonchev–Trinajstić information content (AvgIpc) is 2.40. The second-order valence-electron chi connectivity index (χ2n) is 2.84. The number of nitrogens with two attached hydrogens (primary N) is 1. The third kappa shape index (κ3) is 1.05. The predicted molar refractivity (Wildman–Crippen MR) is 48.3 cm³/mol. The van der Waals surface area contributed by atoms with Crippen LogP contribution in [-0.2, 0) is 4.79 Å². The Kier molecular flexibility index (Phi) is 1.51. The number of nitrogens with one attached hydrogen (secondary N) is 1. The lowest BCUT2D eigenvalue weighted by molar-refractivity contribution is -0.110. The number of hydrazone groups is 1. The average molecular weight is 176 g/mol. The Morgan fingerprint density at radius 1 is 1.62 bits per heavy atom. The van der Waals surface area contributed by atoms with Gasteiger partial charge in [0.15, 0.2) is 5.71 Å². The first-order valence-electron chi connectivity index (χ1n) is 3.78. The molecule has 0 fully saturated rings. The Hall–Kier alpha value is -1.91. The molecule has 0 saturated carbocycles. The molecule has 5 nitrogen and oxygen atoms in total. The molecule has 13 heavy (non-hydrogen) atoms. The van der Waals surface area contributed by atoms with Gasteiger partial charge in [0, 0.05) is 6.20 Å². The molecule has 0 spiro atoms. The number of carbonyl (C=O) groups excluding carboxylic acids is 1. The topological polar surface area (TPSA) is 80.4 Å². The second-order valence-corrected chi connectivity index (χ2v) is 2.84. The number of rotatable bonds is 0. The van der Waals surface area contributed by atoms with Gasteiger partial charge in [-0.25, -0.2) is 4.98 Å². The number of aryl methyl sites for hydroxylation is 1. The van der Waals surface area contributed by atoms with E-state index in [-0.39, 0.29) is 11.6 Å². The standard InChI is InChI=1S/C8H8N4O/c1-4-2-5-6(12-9)8(13)11-7(5)10-3-4/h2-3H,9H2,1H3,(H,10,11,12,13). The maximum Gasteiger partial charge on any atom is 0.278 e. The van der Waals surface area contributed by atoms with Crippen LogP contribution in [-0.4, -0.2) is 16.6 Å². The number of carbonyl (C=O) groups is 1. The van der Waals surface area contributed by atoms with E-state index in [0.717, 1.165) is 5.56 Å². The number of pyridine rings is 1. The Morgan fingerprint density at radius 2 is 2.38 bits per heavy atom. The third-order valence-electron chi connectivity index (χ3n) is 1.86. The molecule has 0 unspecified atom stereocenters. The number of amides is 1. The number of aromatic nitrogens is 1. The second kappa shape index (κ2) is 2.55. The molecule has 0 radical (unpaired) electrons. The Labute approximate surface area is 74.7 Å². The van der Waals surface area contributed by atoms with Crippen molar-refractivity contribution in [3.05, 3.63) is 23.4 Å². The van der Waals surface area contributed by atoms with E-state index in [1.165, 1.54) is 0 Å². The van der Waals surface area contributed by atoms with Crippen LogP contribution in [0.25, 0.3) is 0 Å². The summed E-state index contributed by atoms with van der Waals surface area (Å²) in [6, 6.07) is 1.83. The molecule has 0 saturated heterocycles. The van der Waals surface area contributed by atoms with Gasteiger partial charge >= 0.3 is 0 Å². The van der Waals surface area contributed by atoms with Crippen molar-refractivity contribution in [1.29, 1.82) is 0 Å². The molecule has 1 aliphatic rings. The van der Waals surface area contributed by atoms with E-state index in [9.17, 15) is 4.79 Å². The molecule has 2 heterocycles. The first kappa shape index (κ1) is 7.72. The van der Waals surface area contributed by atoms with Crippen LogP contribution in [0.3, 0.4) is 0 Å². The van der Waals surface area contributed by atoms with Gasteiger partial charge in [-0.3, -0.25) is 4.79 Å². The summed E-state index contributed by atoms with van der Waals surface area (Å²) in [7, 11) is 0. The molecule has 66 valence electrons. The lowest BCUT2D eigenvalue weighted by Crippen LogP contribution is -2.15. The van der Waals surface area contributed by atoms with Crippen molar-refractivity contribution in [2.45, 2.75) is 6.92 Å². The van der Waals surface area contributed by atoms with Crippen molar-refractivity contribution in [3.63, 3.8) is 0 Å². The smallest absolute Gasteiger partial charge is 0.278 e. The van der Waals surface area contributed by atoms with E-state index in [4.69, 9.17) is 5.84 Å². The Balaban J connectivity index is 2.63. The molecule has 0 aliphatic carbocycles. The van der Waals surface area contributed by atoms with E-state index in [1.54, 1.807) is 6.20 Å². The van der Waals surface area contributed by atoms with Crippen molar-refractivity contribution in [3.8, 4) is 0 Å². The van der Waals surface area contributed by atoms with Crippen molar-refractivity contribution in [2.24, 2.45) is 10.9 Å². The van der Waals surface area contributed by atoms with Gasteiger partial charge in [0.25, 0.3) is 5.91 Å². The summed E-state index contributed by atoms with van der Waals surface area (Å²) in [6.45, 7) is 1.89.